The molecule has 3 N–H and O–H groups in total. The fourth-order valence-corrected chi connectivity index (χ4v) is 3.28. The Kier molecular flexibility index (Phi) is 7.44. The number of amides is 1. The van der Waals surface area contributed by atoms with Crippen LogP contribution < -0.4 is 11.1 Å². The maximum Gasteiger partial charge on any atom is 0.337 e. The van der Waals surface area contributed by atoms with Crippen molar-refractivity contribution in [2.75, 3.05) is 33.8 Å². The van der Waals surface area contributed by atoms with Crippen molar-refractivity contribution in [3.63, 3.8) is 0 Å². The Labute approximate surface area is 154 Å². The maximum absolute atomic E-state index is 11.5. The number of carbonyl (C=O) groups is 2. The molecule has 2 rings (SSSR count). The van der Waals surface area contributed by atoms with Gasteiger partial charge >= 0.3 is 5.97 Å². The molecule has 142 valence electrons. The molecule has 1 unspecified atom stereocenters. The molecule has 1 heterocycles. The first-order chi connectivity index (χ1) is 12.5. The van der Waals surface area contributed by atoms with Crippen molar-refractivity contribution < 1.29 is 14.3 Å². The lowest BCUT2D eigenvalue weighted by Crippen LogP contribution is -2.47. The zero-order valence-electron chi connectivity index (χ0n) is 15.5. The summed E-state index contributed by atoms with van der Waals surface area (Å²) in [6.07, 6.45) is 3.32. The van der Waals surface area contributed by atoms with Gasteiger partial charge in [-0.15, -0.1) is 0 Å². The summed E-state index contributed by atoms with van der Waals surface area (Å²) in [5.41, 5.74) is 7.01. The first kappa shape index (κ1) is 19.8. The van der Waals surface area contributed by atoms with E-state index in [-0.39, 0.29) is 11.9 Å². The molecule has 1 fully saturated rings. The highest BCUT2D eigenvalue weighted by atomic mass is 16.5. The Morgan fingerprint density at radius 3 is 2.69 bits per heavy atom. The number of piperidine rings is 1. The molecule has 1 saturated heterocycles. The van der Waals surface area contributed by atoms with Gasteiger partial charge in [-0.25, -0.2) is 4.79 Å². The fraction of sp³-hybridized carbons (Fsp3) is 0.526. The molecule has 1 atom stereocenters. The van der Waals surface area contributed by atoms with E-state index in [1.165, 1.54) is 7.11 Å². The third-order valence-electron chi connectivity index (χ3n) is 4.59. The number of guanidine groups is 1. The second-order valence-electron chi connectivity index (χ2n) is 6.54. The van der Waals surface area contributed by atoms with Crippen LogP contribution in [0.1, 0.15) is 35.2 Å². The van der Waals surface area contributed by atoms with Gasteiger partial charge in [0.2, 0.25) is 5.91 Å². The number of esters is 1. The summed E-state index contributed by atoms with van der Waals surface area (Å²) >= 11 is 0. The highest BCUT2D eigenvalue weighted by Crippen LogP contribution is 2.19. The lowest BCUT2D eigenvalue weighted by molar-refractivity contribution is -0.119. The third kappa shape index (κ3) is 5.75. The van der Waals surface area contributed by atoms with Gasteiger partial charge in [-0.2, -0.15) is 0 Å². The van der Waals surface area contributed by atoms with E-state index < -0.39 is 0 Å². The number of primary amides is 1. The van der Waals surface area contributed by atoms with Gasteiger partial charge in [0.25, 0.3) is 0 Å². The molecule has 7 nitrogen and oxygen atoms in total. The van der Waals surface area contributed by atoms with E-state index in [1.54, 1.807) is 19.2 Å². The van der Waals surface area contributed by atoms with Gasteiger partial charge in [0.05, 0.1) is 12.7 Å². The van der Waals surface area contributed by atoms with Crippen LogP contribution in [0.15, 0.2) is 29.3 Å². The summed E-state index contributed by atoms with van der Waals surface area (Å²) in [6, 6.07) is 7.41. The SMILES string of the molecule is CN=C(NCCc1ccc(C(=O)OC)cc1)N1CCCC(CC(N)=O)C1. The second-order valence-corrected chi connectivity index (χ2v) is 6.54. The Morgan fingerprint density at radius 1 is 1.35 bits per heavy atom. The fourth-order valence-electron chi connectivity index (χ4n) is 3.28. The average molecular weight is 360 g/mol. The van der Waals surface area contributed by atoms with E-state index in [0.29, 0.717) is 17.9 Å². The molecule has 0 bridgehead atoms. The molecular weight excluding hydrogens is 332 g/mol. The van der Waals surface area contributed by atoms with Gasteiger partial charge < -0.3 is 20.7 Å². The Bertz CT molecular complexity index is 643. The minimum Gasteiger partial charge on any atom is -0.465 e. The quantitative estimate of drug-likeness (QED) is 0.451. The summed E-state index contributed by atoms with van der Waals surface area (Å²) in [5, 5.41) is 3.38. The van der Waals surface area contributed by atoms with Crippen LogP contribution in [0, 0.1) is 5.92 Å². The lowest BCUT2D eigenvalue weighted by Gasteiger charge is -2.34. The molecule has 0 radical (unpaired) electrons. The number of aliphatic imine (C=N–C) groups is 1. The highest BCUT2D eigenvalue weighted by Gasteiger charge is 2.23. The number of ether oxygens (including phenoxy) is 1. The topological polar surface area (TPSA) is 97.0 Å². The van der Waals surface area contributed by atoms with Crippen molar-refractivity contribution in [1.82, 2.24) is 10.2 Å². The van der Waals surface area contributed by atoms with Crippen LogP contribution in [0.2, 0.25) is 0 Å². The van der Waals surface area contributed by atoms with Gasteiger partial charge in [0, 0.05) is 33.1 Å². The molecule has 0 saturated carbocycles. The highest BCUT2D eigenvalue weighted by molar-refractivity contribution is 5.89. The molecule has 1 aliphatic heterocycles. The molecule has 1 aliphatic rings. The smallest absolute Gasteiger partial charge is 0.337 e. The van der Waals surface area contributed by atoms with E-state index >= 15 is 0 Å². The van der Waals surface area contributed by atoms with Gasteiger partial charge in [-0.05, 0) is 42.9 Å². The molecular formula is C19H28N4O3. The van der Waals surface area contributed by atoms with E-state index in [4.69, 9.17) is 10.5 Å². The van der Waals surface area contributed by atoms with Crippen molar-refractivity contribution in [2.45, 2.75) is 25.7 Å². The zero-order valence-corrected chi connectivity index (χ0v) is 15.5. The Balaban J connectivity index is 1.83. The summed E-state index contributed by atoms with van der Waals surface area (Å²) < 4.78 is 4.70. The molecule has 26 heavy (non-hydrogen) atoms. The van der Waals surface area contributed by atoms with Gasteiger partial charge in [-0.1, -0.05) is 12.1 Å². The van der Waals surface area contributed by atoms with Gasteiger partial charge in [0.15, 0.2) is 5.96 Å². The van der Waals surface area contributed by atoms with Crippen molar-refractivity contribution in [3.05, 3.63) is 35.4 Å². The number of likely N-dealkylation sites (tertiary alicyclic amines) is 1. The van der Waals surface area contributed by atoms with Crippen LogP contribution in [0.3, 0.4) is 0 Å². The van der Waals surface area contributed by atoms with Crippen molar-refractivity contribution in [1.29, 1.82) is 0 Å². The number of nitrogens with two attached hydrogens (primary N) is 1. The van der Waals surface area contributed by atoms with Crippen molar-refractivity contribution in [2.24, 2.45) is 16.6 Å². The van der Waals surface area contributed by atoms with Crippen LogP contribution in [-0.2, 0) is 16.0 Å². The largest absolute Gasteiger partial charge is 0.465 e. The minimum absolute atomic E-state index is 0.241. The van der Waals surface area contributed by atoms with Gasteiger partial charge in [0.1, 0.15) is 0 Å². The number of benzene rings is 1. The first-order valence-electron chi connectivity index (χ1n) is 8.94. The Hall–Kier alpha value is -2.57. The zero-order chi connectivity index (χ0) is 18.9. The third-order valence-corrected chi connectivity index (χ3v) is 4.59. The molecule has 1 aromatic carbocycles. The number of methoxy groups -OCH3 is 1. The van der Waals surface area contributed by atoms with Gasteiger partial charge in [-0.3, -0.25) is 9.79 Å². The number of hydrogen-bond donors (Lipinski definition) is 2. The molecule has 7 heteroatoms. The van der Waals surface area contributed by atoms with E-state index in [9.17, 15) is 9.59 Å². The average Bonchev–Trinajstić information content (AvgIpc) is 2.65. The number of rotatable bonds is 6. The molecule has 1 amide bonds. The summed E-state index contributed by atoms with van der Waals surface area (Å²) in [7, 11) is 3.14. The number of nitrogens with zero attached hydrogens (tertiary/aromatic N) is 2. The normalized spacial score (nSPS) is 17.7. The van der Waals surface area contributed by atoms with Crippen LogP contribution in [0.25, 0.3) is 0 Å². The Morgan fingerprint density at radius 2 is 2.08 bits per heavy atom. The number of nitrogens with one attached hydrogen (secondary N) is 1. The lowest BCUT2D eigenvalue weighted by atomic mass is 9.95. The first-order valence-corrected chi connectivity index (χ1v) is 8.94. The predicted octanol–water partition coefficient (Wildman–Crippen LogP) is 1.18. The molecule has 0 aromatic heterocycles. The predicted molar refractivity (Wildman–Crippen MR) is 101 cm³/mol. The summed E-state index contributed by atoms with van der Waals surface area (Å²) in [5.74, 6) is 0.580. The van der Waals surface area contributed by atoms with Crippen LogP contribution in [0.4, 0.5) is 0 Å². The molecule has 0 spiro atoms. The van der Waals surface area contributed by atoms with E-state index in [2.05, 4.69) is 15.2 Å². The molecule has 0 aliphatic carbocycles. The van der Waals surface area contributed by atoms with Crippen molar-refractivity contribution in [3.8, 4) is 0 Å². The van der Waals surface area contributed by atoms with Crippen LogP contribution >= 0.6 is 0 Å². The summed E-state index contributed by atoms with van der Waals surface area (Å²) in [6.45, 7) is 2.47. The van der Waals surface area contributed by atoms with Crippen LogP contribution in [0.5, 0.6) is 0 Å². The standard InChI is InChI=1S/C19H28N4O3/c1-21-19(23-11-3-4-15(13-23)12-17(20)24)22-10-9-14-5-7-16(8-6-14)18(25)26-2/h5-8,15H,3-4,9-13H2,1-2H3,(H2,20,24)(H,21,22). The number of hydrogen-bond acceptors (Lipinski definition) is 4. The van der Waals surface area contributed by atoms with Crippen molar-refractivity contribution >= 4 is 17.8 Å². The summed E-state index contributed by atoms with van der Waals surface area (Å²) in [4.78, 5) is 29.2. The van der Waals surface area contributed by atoms with E-state index in [1.807, 2.05) is 12.1 Å². The van der Waals surface area contributed by atoms with E-state index in [0.717, 1.165) is 50.4 Å². The minimum atomic E-state index is -0.328. The number of carbonyl (C=O) groups excluding carboxylic acids is 2. The monoisotopic (exact) mass is 360 g/mol. The molecule has 1 aromatic rings. The maximum atomic E-state index is 11.5. The van der Waals surface area contributed by atoms with Crippen LogP contribution in [-0.4, -0.2) is 56.5 Å². The second kappa shape index (κ2) is 9.79.